The van der Waals surface area contributed by atoms with Crippen molar-refractivity contribution >= 4 is 28.9 Å². The first-order valence-corrected chi connectivity index (χ1v) is 8.44. The number of amides is 1. The number of aryl methyl sites for hydroxylation is 1. The fourth-order valence-corrected chi connectivity index (χ4v) is 3.65. The first-order chi connectivity index (χ1) is 11.2. The molecule has 0 spiro atoms. The number of methoxy groups -OCH3 is 1. The molecule has 0 fully saturated rings. The van der Waals surface area contributed by atoms with Crippen molar-refractivity contribution in [1.29, 1.82) is 0 Å². The standard InChI is InChI=1S/C17H18N2O3S/c1-3-15-18-10-14(23-15)16(20)19-9-5-7-11-12(17(21)22-2)6-4-8-13(11)19/h4,6,8,10H,3,5,7,9H2,1-2H3. The molecule has 1 aliphatic rings. The summed E-state index contributed by atoms with van der Waals surface area (Å²) in [6.07, 6.45) is 4.06. The molecule has 1 amide bonds. The van der Waals surface area contributed by atoms with Crippen molar-refractivity contribution in [3.05, 3.63) is 45.4 Å². The predicted octanol–water partition coefficient (Wildman–Crippen LogP) is 3.09. The van der Waals surface area contributed by atoms with Crippen LogP contribution in [0.25, 0.3) is 0 Å². The summed E-state index contributed by atoms with van der Waals surface area (Å²) in [5.41, 5.74) is 2.23. The first kappa shape index (κ1) is 15.7. The van der Waals surface area contributed by atoms with E-state index in [2.05, 4.69) is 4.98 Å². The number of ether oxygens (including phenoxy) is 1. The zero-order chi connectivity index (χ0) is 16.4. The molecule has 3 rings (SSSR count). The van der Waals surface area contributed by atoms with Gasteiger partial charge in [0, 0.05) is 12.2 Å². The van der Waals surface area contributed by atoms with E-state index in [-0.39, 0.29) is 11.9 Å². The van der Waals surface area contributed by atoms with E-state index < -0.39 is 0 Å². The summed E-state index contributed by atoms with van der Waals surface area (Å²) < 4.78 is 4.85. The molecule has 0 atom stereocenters. The largest absolute Gasteiger partial charge is 0.465 e. The number of aromatic nitrogens is 1. The van der Waals surface area contributed by atoms with Gasteiger partial charge in [-0.2, -0.15) is 0 Å². The Balaban J connectivity index is 1.98. The molecule has 23 heavy (non-hydrogen) atoms. The van der Waals surface area contributed by atoms with Crippen molar-refractivity contribution in [3.8, 4) is 0 Å². The molecule has 0 saturated carbocycles. The molecule has 0 N–H and O–H groups in total. The molecule has 1 aromatic carbocycles. The highest BCUT2D eigenvalue weighted by molar-refractivity contribution is 7.13. The van der Waals surface area contributed by atoms with E-state index in [1.807, 2.05) is 13.0 Å². The number of thiazole rings is 1. The Morgan fingerprint density at radius 2 is 2.22 bits per heavy atom. The maximum absolute atomic E-state index is 12.8. The van der Waals surface area contributed by atoms with Gasteiger partial charge in [-0.25, -0.2) is 9.78 Å². The van der Waals surface area contributed by atoms with Crippen LogP contribution in [0, 0.1) is 0 Å². The SMILES string of the molecule is CCc1ncc(C(=O)N2CCCc3c(C(=O)OC)cccc32)s1. The molecule has 1 aliphatic heterocycles. The fraction of sp³-hybridized carbons (Fsp3) is 0.353. The third-order valence-corrected chi connectivity index (χ3v) is 5.10. The van der Waals surface area contributed by atoms with E-state index in [0.717, 1.165) is 35.5 Å². The molecule has 6 heteroatoms. The van der Waals surface area contributed by atoms with Gasteiger partial charge in [0.25, 0.3) is 5.91 Å². The Labute approximate surface area is 138 Å². The highest BCUT2D eigenvalue weighted by Crippen LogP contribution is 2.32. The Bertz CT molecular complexity index is 754. The van der Waals surface area contributed by atoms with Crippen LogP contribution >= 0.6 is 11.3 Å². The molecular weight excluding hydrogens is 312 g/mol. The number of fused-ring (bicyclic) bond motifs is 1. The average molecular weight is 330 g/mol. The smallest absolute Gasteiger partial charge is 0.338 e. The number of carbonyl (C=O) groups is 2. The normalized spacial score (nSPS) is 13.6. The van der Waals surface area contributed by atoms with Gasteiger partial charge in [-0.05, 0) is 37.0 Å². The minimum Gasteiger partial charge on any atom is -0.465 e. The Kier molecular flexibility index (Phi) is 4.43. The van der Waals surface area contributed by atoms with Gasteiger partial charge in [-0.3, -0.25) is 4.79 Å². The molecule has 2 heterocycles. The van der Waals surface area contributed by atoms with Gasteiger partial charge in [-0.15, -0.1) is 11.3 Å². The van der Waals surface area contributed by atoms with Crippen LogP contribution < -0.4 is 4.90 Å². The van der Waals surface area contributed by atoms with E-state index in [0.29, 0.717) is 17.0 Å². The van der Waals surface area contributed by atoms with Crippen LogP contribution in [0.1, 0.15) is 43.9 Å². The fourth-order valence-electron chi connectivity index (χ4n) is 2.84. The van der Waals surface area contributed by atoms with E-state index in [9.17, 15) is 9.59 Å². The molecule has 2 aromatic rings. The average Bonchev–Trinajstić information content (AvgIpc) is 3.08. The number of hydrogen-bond acceptors (Lipinski definition) is 5. The van der Waals surface area contributed by atoms with Crippen molar-refractivity contribution < 1.29 is 14.3 Å². The van der Waals surface area contributed by atoms with Crippen LogP contribution in [-0.2, 0) is 17.6 Å². The maximum Gasteiger partial charge on any atom is 0.338 e. The van der Waals surface area contributed by atoms with Crippen LogP contribution in [0.4, 0.5) is 5.69 Å². The van der Waals surface area contributed by atoms with Crippen molar-refractivity contribution in [1.82, 2.24) is 4.98 Å². The number of nitrogens with zero attached hydrogens (tertiary/aromatic N) is 2. The number of rotatable bonds is 3. The molecular formula is C17H18N2O3S. The molecule has 0 saturated heterocycles. The topological polar surface area (TPSA) is 59.5 Å². The quantitative estimate of drug-likeness (QED) is 0.812. The lowest BCUT2D eigenvalue weighted by atomic mass is 9.96. The van der Waals surface area contributed by atoms with E-state index >= 15 is 0 Å². The van der Waals surface area contributed by atoms with Crippen LogP contribution in [0.5, 0.6) is 0 Å². The Hall–Kier alpha value is -2.21. The number of anilines is 1. The highest BCUT2D eigenvalue weighted by atomic mass is 32.1. The Morgan fingerprint density at radius 3 is 2.91 bits per heavy atom. The van der Waals surface area contributed by atoms with Crippen LogP contribution in [-0.4, -0.2) is 30.5 Å². The van der Waals surface area contributed by atoms with Gasteiger partial charge in [0.2, 0.25) is 0 Å². The van der Waals surface area contributed by atoms with Crippen molar-refractivity contribution in [3.63, 3.8) is 0 Å². The summed E-state index contributed by atoms with van der Waals surface area (Å²) in [6.45, 7) is 2.67. The second kappa shape index (κ2) is 6.50. The number of carbonyl (C=O) groups excluding carboxylic acids is 2. The molecule has 120 valence electrons. The van der Waals surface area contributed by atoms with Crippen LogP contribution in [0.2, 0.25) is 0 Å². The summed E-state index contributed by atoms with van der Waals surface area (Å²) in [7, 11) is 1.37. The summed E-state index contributed by atoms with van der Waals surface area (Å²) in [4.78, 5) is 31.4. The monoisotopic (exact) mass is 330 g/mol. The van der Waals surface area contributed by atoms with E-state index in [1.165, 1.54) is 18.4 Å². The second-order valence-corrected chi connectivity index (χ2v) is 6.44. The van der Waals surface area contributed by atoms with Crippen molar-refractivity contribution in [2.24, 2.45) is 0 Å². The highest BCUT2D eigenvalue weighted by Gasteiger charge is 2.27. The van der Waals surface area contributed by atoms with Gasteiger partial charge in [0.15, 0.2) is 0 Å². The number of esters is 1. The van der Waals surface area contributed by atoms with Gasteiger partial charge in [0.05, 0.1) is 23.9 Å². The number of benzene rings is 1. The van der Waals surface area contributed by atoms with Crippen LogP contribution in [0.3, 0.4) is 0 Å². The third kappa shape index (κ3) is 2.86. The van der Waals surface area contributed by atoms with Crippen molar-refractivity contribution in [2.45, 2.75) is 26.2 Å². The molecule has 5 nitrogen and oxygen atoms in total. The molecule has 0 bridgehead atoms. The van der Waals surface area contributed by atoms with Crippen molar-refractivity contribution in [2.75, 3.05) is 18.6 Å². The molecule has 0 unspecified atom stereocenters. The van der Waals surface area contributed by atoms with Gasteiger partial charge >= 0.3 is 5.97 Å². The first-order valence-electron chi connectivity index (χ1n) is 7.62. The molecule has 0 aliphatic carbocycles. The van der Waals surface area contributed by atoms with E-state index in [4.69, 9.17) is 4.74 Å². The second-order valence-electron chi connectivity index (χ2n) is 5.33. The Morgan fingerprint density at radius 1 is 1.39 bits per heavy atom. The predicted molar refractivity (Wildman–Crippen MR) is 89.3 cm³/mol. The lowest BCUT2D eigenvalue weighted by Gasteiger charge is -2.30. The summed E-state index contributed by atoms with van der Waals surface area (Å²) in [6, 6.07) is 5.43. The minimum absolute atomic E-state index is 0.0508. The summed E-state index contributed by atoms with van der Waals surface area (Å²) in [5.74, 6) is -0.410. The molecule has 1 aromatic heterocycles. The summed E-state index contributed by atoms with van der Waals surface area (Å²) in [5, 5.41) is 0.953. The third-order valence-electron chi connectivity index (χ3n) is 3.97. The minimum atomic E-state index is -0.359. The molecule has 0 radical (unpaired) electrons. The van der Waals surface area contributed by atoms with Gasteiger partial charge < -0.3 is 9.64 Å². The lowest BCUT2D eigenvalue weighted by Crippen LogP contribution is -2.35. The number of hydrogen-bond donors (Lipinski definition) is 0. The zero-order valence-electron chi connectivity index (χ0n) is 13.2. The lowest BCUT2D eigenvalue weighted by molar-refractivity contribution is 0.0599. The maximum atomic E-state index is 12.8. The van der Waals surface area contributed by atoms with Crippen LogP contribution in [0.15, 0.2) is 24.4 Å². The zero-order valence-corrected chi connectivity index (χ0v) is 14.0. The summed E-state index contributed by atoms with van der Waals surface area (Å²) >= 11 is 1.43. The van der Waals surface area contributed by atoms with Gasteiger partial charge in [-0.1, -0.05) is 13.0 Å². The van der Waals surface area contributed by atoms with Gasteiger partial charge in [0.1, 0.15) is 4.88 Å². The van der Waals surface area contributed by atoms with E-state index in [1.54, 1.807) is 23.2 Å².